The first kappa shape index (κ1) is 14.2. The lowest BCUT2D eigenvalue weighted by Gasteiger charge is -1.99. The number of aromatic amines is 1. The van der Waals surface area contributed by atoms with E-state index in [2.05, 4.69) is 21.5 Å². The summed E-state index contributed by atoms with van der Waals surface area (Å²) in [6.45, 7) is 5.28. The highest BCUT2D eigenvalue weighted by atomic mass is 32.1. The van der Waals surface area contributed by atoms with Gasteiger partial charge in [0.15, 0.2) is 11.4 Å². The third kappa shape index (κ3) is 2.31. The zero-order valence-corrected chi connectivity index (χ0v) is 12.4. The summed E-state index contributed by atoms with van der Waals surface area (Å²) in [6.07, 6.45) is 3.11. The maximum atomic E-state index is 12.1. The van der Waals surface area contributed by atoms with E-state index in [0.717, 1.165) is 11.3 Å². The molecule has 0 saturated carbocycles. The first-order chi connectivity index (χ1) is 10.5. The normalized spacial score (nSPS) is 10.8. The molecule has 0 saturated heterocycles. The van der Waals surface area contributed by atoms with E-state index >= 15 is 0 Å². The SMILES string of the molecule is C=C(C)C(=O)c1c[nH]c2ncc(-c3ccc(C(=O)O)s3)nc12. The van der Waals surface area contributed by atoms with E-state index < -0.39 is 5.97 Å². The summed E-state index contributed by atoms with van der Waals surface area (Å²) in [6, 6.07) is 3.20. The molecule has 0 aliphatic heterocycles. The Morgan fingerprint density at radius 3 is 2.77 bits per heavy atom. The first-order valence-electron chi connectivity index (χ1n) is 6.35. The number of nitrogens with one attached hydrogen (secondary N) is 1. The predicted octanol–water partition coefficient (Wildman–Crippen LogP) is 3.14. The molecule has 0 aliphatic carbocycles. The van der Waals surface area contributed by atoms with Gasteiger partial charge in [0.2, 0.25) is 0 Å². The zero-order chi connectivity index (χ0) is 15.9. The van der Waals surface area contributed by atoms with Crippen LogP contribution in [0.2, 0.25) is 0 Å². The molecule has 3 aromatic rings. The van der Waals surface area contributed by atoms with E-state index in [1.165, 1.54) is 6.07 Å². The van der Waals surface area contributed by atoms with Crippen molar-refractivity contribution in [3.8, 4) is 10.6 Å². The Balaban J connectivity index is 2.11. The van der Waals surface area contributed by atoms with Crippen molar-refractivity contribution >= 4 is 34.3 Å². The molecule has 2 N–H and O–H groups in total. The molecule has 0 amide bonds. The van der Waals surface area contributed by atoms with Crippen LogP contribution >= 0.6 is 11.3 Å². The molecule has 22 heavy (non-hydrogen) atoms. The number of carbonyl (C=O) groups is 2. The molecular formula is C15H11N3O3S. The Hall–Kier alpha value is -2.80. The van der Waals surface area contributed by atoms with Gasteiger partial charge in [0.1, 0.15) is 10.4 Å². The van der Waals surface area contributed by atoms with Crippen LogP contribution in [0.5, 0.6) is 0 Å². The molecule has 0 bridgehead atoms. The van der Waals surface area contributed by atoms with Gasteiger partial charge < -0.3 is 10.1 Å². The van der Waals surface area contributed by atoms with Gasteiger partial charge in [0.05, 0.1) is 22.3 Å². The number of carboxylic acid groups (broad SMARTS) is 1. The molecule has 0 aromatic carbocycles. The number of carboxylic acids is 1. The van der Waals surface area contributed by atoms with E-state index in [4.69, 9.17) is 5.11 Å². The lowest BCUT2D eigenvalue weighted by molar-refractivity contribution is 0.0702. The number of aromatic nitrogens is 3. The van der Waals surface area contributed by atoms with Crippen LogP contribution in [0.4, 0.5) is 0 Å². The molecule has 7 heteroatoms. The number of thiophene rings is 1. The minimum atomic E-state index is -0.981. The number of aromatic carboxylic acids is 1. The van der Waals surface area contributed by atoms with Crippen molar-refractivity contribution in [1.82, 2.24) is 15.0 Å². The van der Waals surface area contributed by atoms with Gasteiger partial charge in [-0.15, -0.1) is 11.3 Å². The number of hydrogen-bond donors (Lipinski definition) is 2. The fourth-order valence-electron chi connectivity index (χ4n) is 2.00. The van der Waals surface area contributed by atoms with Crippen molar-refractivity contribution in [2.45, 2.75) is 6.92 Å². The van der Waals surface area contributed by atoms with E-state index in [0.29, 0.717) is 32.9 Å². The molecule has 0 fully saturated rings. The summed E-state index contributed by atoms with van der Waals surface area (Å²) in [4.78, 5) is 35.5. The van der Waals surface area contributed by atoms with Crippen LogP contribution in [-0.4, -0.2) is 31.8 Å². The number of H-pyrrole nitrogens is 1. The molecule has 3 heterocycles. The fourth-order valence-corrected chi connectivity index (χ4v) is 2.80. The van der Waals surface area contributed by atoms with E-state index in [1.807, 2.05) is 0 Å². The minimum Gasteiger partial charge on any atom is -0.477 e. The number of rotatable bonds is 4. The van der Waals surface area contributed by atoms with Crippen molar-refractivity contribution in [3.05, 3.63) is 47.1 Å². The minimum absolute atomic E-state index is 0.199. The third-order valence-corrected chi connectivity index (χ3v) is 4.18. The van der Waals surface area contributed by atoms with Gasteiger partial charge in [-0.1, -0.05) is 6.58 Å². The molecule has 0 spiro atoms. The van der Waals surface area contributed by atoms with E-state index in [9.17, 15) is 9.59 Å². The Morgan fingerprint density at radius 2 is 2.14 bits per heavy atom. The summed E-state index contributed by atoms with van der Waals surface area (Å²) in [5.74, 6) is -1.18. The summed E-state index contributed by atoms with van der Waals surface area (Å²) in [5, 5.41) is 8.98. The largest absolute Gasteiger partial charge is 0.477 e. The van der Waals surface area contributed by atoms with Crippen LogP contribution in [0.1, 0.15) is 27.0 Å². The average molecular weight is 313 g/mol. The van der Waals surface area contributed by atoms with Crippen LogP contribution in [0.15, 0.2) is 36.7 Å². The summed E-state index contributed by atoms with van der Waals surface area (Å²) >= 11 is 1.11. The number of nitrogens with zero attached hydrogens (tertiary/aromatic N) is 2. The summed E-state index contributed by atoms with van der Waals surface area (Å²) < 4.78 is 0. The van der Waals surface area contributed by atoms with Crippen molar-refractivity contribution in [2.24, 2.45) is 0 Å². The smallest absolute Gasteiger partial charge is 0.345 e. The molecule has 0 radical (unpaired) electrons. The van der Waals surface area contributed by atoms with Crippen LogP contribution < -0.4 is 0 Å². The van der Waals surface area contributed by atoms with Crippen molar-refractivity contribution < 1.29 is 14.7 Å². The number of fused-ring (bicyclic) bond motifs is 1. The number of ketones is 1. The topological polar surface area (TPSA) is 95.9 Å². The highest BCUT2D eigenvalue weighted by Gasteiger charge is 2.16. The molecule has 110 valence electrons. The number of carbonyl (C=O) groups excluding carboxylic acids is 1. The molecule has 6 nitrogen and oxygen atoms in total. The second-order valence-corrected chi connectivity index (χ2v) is 5.82. The Morgan fingerprint density at radius 1 is 1.36 bits per heavy atom. The van der Waals surface area contributed by atoms with Gasteiger partial charge in [-0.05, 0) is 24.6 Å². The van der Waals surface area contributed by atoms with Crippen LogP contribution in [0.3, 0.4) is 0 Å². The standard InChI is InChI=1S/C15H11N3O3S/c1-7(2)13(19)8-5-16-14-12(8)18-9(6-17-14)10-3-4-11(22-10)15(20)21/h3-6H,1H2,2H3,(H,16,17)(H,20,21). The number of allylic oxidation sites excluding steroid dienone is 1. The van der Waals surface area contributed by atoms with E-state index in [-0.39, 0.29) is 10.7 Å². The average Bonchev–Trinajstić information content (AvgIpc) is 3.12. The lowest BCUT2D eigenvalue weighted by atomic mass is 10.1. The quantitative estimate of drug-likeness (QED) is 0.570. The Kier molecular flexibility index (Phi) is 3.34. The number of hydrogen-bond acceptors (Lipinski definition) is 5. The maximum absolute atomic E-state index is 12.1. The Bertz CT molecular complexity index is 923. The van der Waals surface area contributed by atoms with Gasteiger partial charge in [0.25, 0.3) is 0 Å². The predicted molar refractivity (Wildman–Crippen MR) is 83.3 cm³/mol. The highest BCUT2D eigenvalue weighted by molar-refractivity contribution is 7.17. The van der Waals surface area contributed by atoms with Gasteiger partial charge in [-0.2, -0.15) is 0 Å². The molecule has 0 aliphatic rings. The first-order valence-corrected chi connectivity index (χ1v) is 7.17. The summed E-state index contributed by atoms with van der Waals surface area (Å²) in [5.41, 5.74) is 2.31. The number of Topliss-reactive ketones (excluding diaryl/α,β-unsaturated/α-hetero) is 1. The highest BCUT2D eigenvalue weighted by Crippen LogP contribution is 2.28. The van der Waals surface area contributed by atoms with E-state index in [1.54, 1.807) is 25.4 Å². The molecule has 3 rings (SSSR count). The van der Waals surface area contributed by atoms with Crippen molar-refractivity contribution in [3.63, 3.8) is 0 Å². The van der Waals surface area contributed by atoms with Crippen molar-refractivity contribution in [2.75, 3.05) is 0 Å². The van der Waals surface area contributed by atoms with Gasteiger partial charge in [0, 0.05) is 6.20 Å². The lowest BCUT2D eigenvalue weighted by Crippen LogP contribution is -1.99. The maximum Gasteiger partial charge on any atom is 0.345 e. The van der Waals surface area contributed by atoms with Gasteiger partial charge in [-0.3, -0.25) is 4.79 Å². The Labute approximate surface area is 129 Å². The van der Waals surface area contributed by atoms with Gasteiger partial charge >= 0.3 is 5.97 Å². The third-order valence-electron chi connectivity index (χ3n) is 3.08. The second-order valence-electron chi connectivity index (χ2n) is 4.73. The van der Waals surface area contributed by atoms with Crippen LogP contribution in [0, 0.1) is 0 Å². The van der Waals surface area contributed by atoms with Gasteiger partial charge in [-0.25, -0.2) is 14.8 Å². The fraction of sp³-hybridized carbons (Fsp3) is 0.0667. The zero-order valence-electron chi connectivity index (χ0n) is 11.6. The van der Waals surface area contributed by atoms with Crippen LogP contribution in [-0.2, 0) is 0 Å². The molecule has 0 unspecified atom stereocenters. The van der Waals surface area contributed by atoms with Crippen LogP contribution in [0.25, 0.3) is 21.7 Å². The molecule has 0 atom stereocenters. The second kappa shape index (κ2) is 5.19. The molecule has 3 aromatic heterocycles. The van der Waals surface area contributed by atoms with Crippen molar-refractivity contribution in [1.29, 1.82) is 0 Å². The molecular weight excluding hydrogens is 302 g/mol. The monoisotopic (exact) mass is 313 g/mol. The summed E-state index contributed by atoms with van der Waals surface area (Å²) in [7, 11) is 0.